The molecule has 0 spiro atoms. The molecular weight excluding hydrogens is 402 g/mol. The van der Waals surface area contributed by atoms with Crippen LogP contribution in [0.25, 0.3) is 0 Å². The molecule has 0 aliphatic carbocycles. The molecule has 6 heteroatoms. The summed E-state index contributed by atoms with van der Waals surface area (Å²) in [6.45, 7) is 9.35. The van der Waals surface area contributed by atoms with Crippen molar-refractivity contribution in [1.29, 1.82) is 0 Å². The van der Waals surface area contributed by atoms with Crippen molar-refractivity contribution in [2.24, 2.45) is 5.92 Å². The summed E-state index contributed by atoms with van der Waals surface area (Å²) in [6.07, 6.45) is 1.12. The molecule has 0 aliphatic rings. The summed E-state index contributed by atoms with van der Waals surface area (Å²) in [6, 6.07) is 5.53. The van der Waals surface area contributed by atoms with Crippen LogP contribution in [0.15, 0.2) is 22.7 Å². The largest absolute Gasteiger partial charge is 0.314 e. The number of rotatable bonds is 6. The van der Waals surface area contributed by atoms with Crippen molar-refractivity contribution in [2.45, 2.75) is 47.1 Å². The molecule has 2 aromatic rings. The SMILES string of the molecule is Cc1nn(CC(C)C)c(C)c1CCC(=O)N(C)c1ccc(Br)cc1Cl. The third kappa shape index (κ3) is 4.85. The molecule has 0 radical (unpaired) electrons. The molecule has 0 fully saturated rings. The van der Waals surface area contributed by atoms with Crippen LogP contribution in [0.5, 0.6) is 0 Å². The lowest BCUT2D eigenvalue weighted by Gasteiger charge is -2.19. The van der Waals surface area contributed by atoms with Gasteiger partial charge >= 0.3 is 0 Å². The second-order valence-corrected chi connectivity index (χ2v) is 8.10. The molecule has 1 amide bonds. The smallest absolute Gasteiger partial charge is 0.227 e. The van der Waals surface area contributed by atoms with E-state index in [1.165, 1.54) is 5.56 Å². The Hall–Kier alpha value is -1.33. The highest BCUT2D eigenvalue weighted by Gasteiger charge is 2.17. The molecule has 1 heterocycles. The van der Waals surface area contributed by atoms with Crippen LogP contribution < -0.4 is 4.90 Å². The molecule has 1 aromatic carbocycles. The standard InChI is InChI=1S/C19H25BrClN3O/c1-12(2)11-24-14(4)16(13(3)22-24)7-9-19(25)23(5)18-8-6-15(20)10-17(18)21/h6,8,10,12H,7,9,11H2,1-5H3. The lowest BCUT2D eigenvalue weighted by atomic mass is 10.1. The highest BCUT2D eigenvalue weighted by atomic mass is 79.9. The number of carbonyl (C=O) groups excluding carboxylic acids is 1. The summed E-state index contributed by atoms with van der Waals surface area (Å²) >= 11 is 9.63. The van der Waals surface area contributed by atoms with E-state index in [-0.39, 0.29) is 5.91 Å². The summed E-state index contributed by atoms with van der Waals surface area (Å²) in [5, 5.41) is 5.18. The molecule has 25 heavy (non-hydrogen) atoms. The van der Waals surface area contributed by atoms with Crippen LogP contribution in [0.2, 0.25) is 5.02 Å². The second kappa shape index (κ2) is 8.37. The van der Waals surface area contributed by atoms with Crippen molar-refractivity contribution in [3.8, 4) is 0 Å². The lowest BCUT2D eigenvalue weighted by molar-refractivity contribution is -0.118. The fraction of sp³-hybridized carbons (Fsp3) is 0.474. The minimum absolute atomic E-state index is 0.0413. The number of nitrogens with zero attached hydrogens (tertiary/aromatic N) is 3. The Labute approximate surface area is 163 Å². The van der Waals surface area contributed by atoms with Gasteiger partial charge in [0.15, 0.2) is 0 Å². The van der Waals surface area contributed by atoms with E-state index in [1.54, 1.807) is 18.0 Å². The van der Waals surface area contributed by atoms with Gasteiger partial charge in [0.1, 0.15) is 0 Å². The first-order chi connectivity index (χ1) is 11.7. The zero-order valence-electron chi connectivity index (χ0n) is 15.4. The normalized spacial score (nSPS) is 11.2. The molecule has 0 saturated carbocycles. The second-order valence-electron chi connectivity index (χ2n) is 6.77. The van der Waals surface area contributed by atoms with E-state index < -0.39 is 0 Å². The van der Waals surface area contributed by atoms with Crippen LogP contribution in [0.1, 0.15) is 37.2 Å². The summed E-state index contributed by atoms with van der Waals surface area (Å²) in [7, 11) is 1.76. The van der Waals surface area contributed by atoms with Gasteiger partial charge in [-0.25, -0.2) is 0 Å². The van der Waals surface area contributed by atoms with Crippen molar-refractivity contribution in [3.63, 3.8) is 0 Å². The zero-order valence-corrected chi connectivity index (χ0v) is 17.8. The molecular formula is C19H25BrClN3O. The Kier molecular flexibility index (Phi) is 6.69. The number of halogens is 2. The number of amides is 1. The highest BCUT2D eigenvalue weighted by molar-refractivity contribution is 9.10. The number of carbonyl (C=O) groups is 1. The molecule has 0 bridgehead atoms. The fourth-order valence-corrected chi connectivity index (χ4v) is 3.71. The first-order valence-corrected chi connectivity index (χ1v) is 9.62. The molecule has 2 rings (SSSR count). The van der Waals surface area contributed by atoms with Crippen LogP contribution >= 0.6 is 27.5 Å². The summed E-state index contributed by atoms with van der Waals surface area (Å²) < 4.78 is 2.95. The molecule has 0 unspecified atom stereocenters. The van der Waals surface area contributed by atoms with Gasteiger partial charge < -0.3 is 4.90 Å². The van der Waals surface area contributed by atoms with Gasteiger partial charge in [-0.15, -0.1) is 0 Å². The maximum atomic E-state index is 12.6. The molecule has 0 N–H and O–H groups in total. The quantitative estimate of drug-likeness (QED) is 0.639. The zero-order chi connectivity index (χ0) is 18.7. The predicted octanol–water partition coefficient (Wildman–Crippen LogP) is 5.17. The first kappa shape index (κ1) is 20.0. The van der Waals surface area contributed by atoms with E-state index in [2.05, 4.69) is 46.5 Å². The van der Waals surface area contributed by atoms with E-state index in [4.69, 9.17) is 11.6 Å². The van der Waals surface area contributed by atoms with Crippen LogP contribution in [-0.4, -0.2) is 22.7 Å². The minimum atomic E-state index is 0.0413. The molecule has 0 saturated heterocycles. The Bertz CT molecular complexity index is 770. The Balaban J connectivity index is 2.08. The van der Waals surface area contributed by atoms with Crippen LogP contribution in [0.3, 0.4) is 0 Å². The van der Waals surface area contributed by atoms with Gasteiger partial charge in [-0.3, -0.25) is 9.48 Å². The van der Waals surface area contributed by atoms with Gasteiger partial charge in [0.2, 0.25) is 5.91 Å². The number of anilines is 1. The first-order valence-electron chi connectivity index (χ1n) is 8.45. The fourth-order valence-electron chi connectivity index (χ4n) is 2.91. The van der Waals surface area contributed by atoms with Gasteiger partial charge in [0, 0.05) is 30.2 Å². The van der Waals surface area contributed by atoms with Crippen LogP contribution in [-0.2, 0) is 17.8 Å². The van der Waals surface area contributed by atoms with Crippen molar-refractivity contribution in [3.05, 3.63) is 44.6 Å². The monoisotopic (exact) mass is 425 g/mol. The van der Waals surface area contributed by atoms with Crippen LogP contribution in [0, 0.1) is 19.8 Å². The van der Waals surface area contributed by atoms with E-state index in [0.29, 0.717) is 23.8 Å². The summed E-state index contributed by atoms with van der Waals surface area (Å²) in [5.41, 5.74) is 4.06. The Morgan fingerprint density at radius 3 is 2.64 bits per heavy atom. The predicted molar refractivity (Wildman–Crippen MR) is 107 cm³/mol. The van der Waals surface area contributed by atoms with Crippen molar-refractivity contribution >= 4 is 39.1 Å². The third-order valence-corrected chi connectivity index (χ3v) is 5.10. The average Bonchev–Trinajstić information content (AvgIpc) is 2.77. The van der Waals surface area contributed by atoms with Crippen LogP contribution in [0.4, 0.5) is 5.69 Å². The molecule has 0 atom stereocenters. The number of aromatic nitrogens is 2. The maximum absolute atomic E-state index is 12.6. The molecule has 1 aromatic heterocycles. The van der Waals surface area contributed by atoms with E-state index >= 15 is 0 Å². The molecule has 0 aliphatic heterocycles. The van der Waals surface area contributed by atoms with Gasteiger partial charge in [-0.2, -0.15) is 5.10 Å². The number of aryl methyl sites for hydroxylation is 1. The summed E-state index contributed by atoms with van der Waals surface area (Å²) in [4.78, 5) is 14.2. The van der Waals surface area contributed by atoms with Crippen molar-refractivity contribution in [1.82, 2.24) is 9.78 Å². The number of hydrogen-bond donors (Lipinski definition) is 0. The van der Waals surface area contributed by atoms with Gasteiger partial charge in [-0.05, 0) is 49.9 Å². The van der Waals surface area contributed by atoms with Crippen molar-refractivity contribution < 1.29 is 4.79 Å². The lowest BCUT2D eigenvalue weighted by Crippen LogP contribution is -2.26. The topological polar surface area (TPSA) is 38.1 Å². The van der Waals surface area contributed by atoms with Gasteiger partial charge in [-0.1, -0.05) is 41.4 Å². The highest BCUT2D eigenvalue weighted by Crippen LogP contribution is 2.29. The number of hydrogen-bond acceptors (Lipinski definition) is 2. The van der Waals surface area contributed by atoms with E-state index in [1.807, 2.05) is 19.1 Å². The van der Waals surface area contributed by atoms with Gasteiger partial charge in [0.05, 0.1) is 16.4 Å². The maximum Gasteiger partial charge on any atom is 0.227 e. The third-order valence-electron chi connectivity index (χ3n) is 4.30. The number of benzene rings is 1. The average molecular weight is 427 g/mol. The molecule has 4 nitrogen and oxygen atoms in total. The Morgan fingerprint density at radius 1 is 1.36 bits per heavy atom. The Morgan fingerprint density at radius 2 is 2.04 bits per heavy atom. The molecule has 136 valence electrons. The van der Waals surface area contributed by atoms with Crippen molar-refractivity contribution in [2.75, 3.05) is 11.9 Å². The summed E-state index contributed by atoms with van der Waals surface area (Å²) in [5.74, 6) is 0.581. The van der Waals surface area contributed by atoms with E-state index in [0.717, 1.165) is 28.1 Å². The minimum Gasteiger partial charge on any atom is -0.314 e. The van der Waals surface area contributed by atoms with E-state index in [9.17, 15) is 4.79 Å². The van der Waals surface area contributed by atoms with Gasteiger partial charge in [0.25, 0.3) is 0 Å².